The molecule has 1 aromatic heterocycles. The average Bonchev–Trinajstić information content (AvgIpc) is 2.14. The summed E-state index contributed by atoms with van der Waals surface area (Å²) in [5, 5.41) is 3.15. The Morgan fingerprint density at radius 3 is 2.53 bits per heavy atom. The molecule has 0 saturated heterocycles. The minimum absolute atomic E-state index is 0.0160. The molecule has 1 rings (SSSR count). The first-order valence-electron chi connectivity index (χ1n) is 5.35. The van der Waals surface area contributed by atoms with Crippen LogP contribution in [0, 0.1) is 0 Å². The lowest BCUT2D eigenvalue weighted by Crippen LogP contribution is -2.22. The molecule has 0 aliphatic heterocycles. The summed E-state index contributed by atoms with van der Waals surface area (Å²) in [6.45, 7) is 6.27. The van der Waals surface area contributed by atoms with Gasteiger partial charge in [-0.05, 0) is 32.4 Å². The first-order valence-corrected chi connectivity index (χ1v) is 5.72. The van der Waals surface area contributed by atoms with Gasteiger partial charge >= 0.3 is 6.01 Å². The first-order chi connectivity index (χ1) is 8.01. The van der Waals surface area contributed by atoms with Crippen molar-refractivity contribution in [2.24, 2.45) is 0 Å². The van der Waals surface area contributed by atoms with Crippen molar-refractivity contribution in [2.75, 3.05) is 19.0 Å². The molecule has 1 heterocycles. The topological polar surface area (TPSA) is 69.2 Å². The van der Waals surface area contributed by atoms with E-state index in [0.29, 0.717) is 12.6 Å². The normalized spacial score (nSPS) is 12.6. The fraction of sp³-hybridized carbons (Fsp3) is 0.700. The van der Waals surface area contributed by atoms with E-state index in [9.17, 15) is 0 Å². The Morgan fingerprint density at radius 1 is 1.24 bits per heavy atom. The van der Waals surface area contributed by atoms with Crippen LogP contribution in [-0.4, -0.2) is 40.8 Å². The minimum Gasteiger partial charge on any atom is -0.461 e. The standard InChI is InChI=1S/C10H17ClN4O2/c1-6(2)17-10-14-8(11)13-9(15-10)12-7(3)5-16-4/h6-7H,5H2,1-4H3,(H,12,13,14,15). The highest BCUT2D eigenvalue weighted by Gasteiger charge is 2.09. The van der Waals surface area contributed by atoms with Gasteiger partial charge in [-0.3, -0.25) is 0 Å². The van der Waals surface area contributed by atoms with E-state index in [1.807, 2.05) is 20.8 Å². The van der Waals surface area contributed by atoms with E-state index < -0.39 is 0 Å². The molecule has 0 radical (unpaired) electrons. The van der Waals surface area contributed by atoms with Gasteiger partial charge in [0.15, 0.2) is 0 Å². The SMILES string of the molecule is COCC(C)Nc1nc(Cl)nc(OC(C)C)n1. The fourth-order valence-electron chi connectivity index (χ4n) is 1.17. The molecule has 0 spiro atoms. The molecule has 1 unspecified atom stereocenters. The Balaban J connectivity index is 2.74. The number of hydrogen-bond donors (Lipinski definition) is 1. The number of rotatable bonds is 6. The second-order valence-electron chi connectivity index (χ2n) is 3.88. The van der Waals surface area contributed by atoms with Crippen LogP contribution in [0.1, 0.15) is 20.8 Å². The first kappa shape index (κ1) is 13.9. The number of halogens is 1. The zero-order valence-electron chi connectivity index (χ0n) is 10.4. The molecule has 1 N–H and O–H groups in total. The quantitative estimate of drug-likeness (QED) is 0.841. The highest BCUT2D eigenvalue weighted by Crippen LogP contribution is 2.13. The van der Waals surface area contributed by atoms with Gasteiger partial charge in [-0.25, -0.2) is 0 Å². The van der Waals surface area contributed by atoms with Crippen molar-refractivity contribution in [3.8, 4) is 6.01 Å². The number of nitrogens with one attached hydrogen (secondary N) is 1. The van der Waals surface area contributed by atoms with Crippen LogP contribution in [0.25, 0.3) is 0 Å². The number of aromatic nitrogens is 3. The predicted molar refractivity (Wildman–Crippen MR) is 65.6 cm³/mol. The Morgan fingerprint density at radius 2 is 1.94 bits per heavy atom. The van der Waals surface area contributed by atoms with Gasteiger partial charge in [0.05, 0.1) is 12.7 Å². The number of methoxy groups -OCH3 is 1. The summed E-state index contributed by atoms with van der Waals surface area (Å²) in [4.78, 5) is 11.9. The molecule has 0 saturated carbocycles. The van der Waals surface area contributed by atoms with Crippen molar-refractivity contribution in [2.45, 2.75) is 32.9 Å². The highest BCUT2D eigenvalue weighted by molar-refractivity contribution is 6.28. The van der Waals surface area contributed by atoms with Gasteiger partial charge in [0.2, 0.25) is 11.2 Å². The van der Waals surface area contributed by atoms with E-state index in [0.717, 1.165) is 0 Å². The van der Waals surface area contributed by atoms with Gasteiger partial charge in [0, 0.05) is 13.2 Å². The zero-order chi connectivity index (χ0) is 12.8. The van der Waals surface area contributed by atoms with Gasteiger partial charge < -0.3 is 14.8 Å². The highest BCUT2D eigenvalue weighted by atomic mass is 35.5. The molecule has 0 aliphatic rings. The van der Waals surface area contributed by atoms with Crippen LogP contribution in [0.4, 0.5) is 5.95 Å². The third-order valence-electron chi connectivity index (χ3n) is 1.72. The molecule has 0 bridgehead atoms. The summed E-state index contributed by atoms with van der Waals surface area (Å²) >= 11 is 5.78. The lowest BCUT2D eigenvalue weighted by molar-refractivity contribution is 0.190. The summed E-state index contributed by atoms with van der Waals surface area (Å²) < 4.78 is 10.4. The molecular weight excluding hydrogens is 244 g/mol. The molecule has 7 heteroatoms. The Hall–Kier alpha value is -1.14. The average molecular weight is 261 g/mol. The van der Waals surface area contributed by atoms with E-state index in [2.05, 4.69) is 20.3 Å². The monoisotopic (exact) mass is 260 g/mol. The van der Waals surface area contributed by atoms with E-state index in [1.165, 1.54) is 0 Å². The third-order valence-corrected chi connectivity index (χ3v) is 1.89. The maximum atomic E-state index is 5.78. The summed E-state index contributed by atoms with van der Waals surface area (Å²) in [5.41, 5.74) is 0. The summed E-state index contributed by atoms with van der Waals surface area (Å²) in [5.74, 6) is 0.380. The maximum absolute atomic E-state index is 5.78. The Bertz CT molecular complexity index is 362. The van der Waals surface area contributed by atoms with Gasteiger partial charge in [0.1, 0.15) is 0 Å². The molecule has 17 heavy (non-hydrogen) atoms. The van der Waals surface area contributed by atoms with Crippen molar-refractivity contribution >= 4 is 17.5 Å². The smallest absolute Gasteiger partial charge is 0.322 e. The second-order valence-corrected chi connectivity index (χ2v) is 4.22. The third kappa shape index (κ3) is 5.14. The number of hydrogen-bond acceptors (Lipinski definition) is 6. The summed E-state index contributed by atoms with van der Waals surface area (Å²) in [7, 11) is 1.63. The molecule has 0 fully saturated rings. The zero-order valence-corrected chi connectivity index (χ0v) is 11.2. The molecule has 6 nitrogen and oxygen atoms in total. The molecule has 1 aromatic rings. The fourth-order valence-corrected chi connectivity index (χ4v) is 1.32. The van der Waals surface area contributed by atoms with Crippen molar-refractivity contribution < 1.29 is 9.47 Å². The number of ether oxygens (including phenoxy) is 2. The van der Waals surface area contributed by atoms with Crippen LogP contribution >= 0.6 is 11.6 Å². The van der Waals surface area contributed by atoms with Crippen LogP contribution in [0.15, 0.2) is 0 Å². The van der Waals surface area contributed by atoms with E-state index in [-0.39, 0.29) is 23.4 Å². The maximum Gasteiger partial charge on any atom is 0.322 e. The van der Waals surface area contributed by atoms with E-state index in [4.69, 9.17) is 21.1 Å². The van der Waals surface area contributed by atoms with Crippen molar-refractivity contribution in [3.05, 3.63) is 5.28 Å². The minimum atomic E-state index is -0.0160. The Labute approximate surface area is 106 Å². The summed E-state index contributed by atoms with van der Waals surface area (Å²) in [6.07, 6.45) is -0.0160. The van der Waals surface area contributed by atoms with Gasteiger partial charge in [-0.2, -0.15) is 15.0 Å². The van der Waals surface area contributed by atoms with Gasteiger partial charge in [-0.1, -0.05) is 0 Å². The second kappa shape index (κ2) is 6.56. The lowest BCUT2D eigenvalue weighted by atomic mass is 10.4. The lowest BCUT2D eigenvalue weighted by Gasteiger charge is -2.13. The molecule has 1 atom stereocenters. The van der Waals surface area contributed by atoms with Crippen LogP contribution in [-0.2, 0) is 4.74 Å². The van der Waals surface area contributed by atoms with Crippen LogP contribution in [0.2, 0.25) is 5.28 Å². The van der Waals surface area contributed by atoms with Crippen molar-refractivity contribution in [3.63, 3.8) is 0 Å². The summed E-state index contributed by atoms with van der Waals surface area (Å²) in [6, 6.07) is 0.289. The molecule has 0 aliphatic carbocycles. The van der Waals surface area contributed by atoms with E-state index in [1.54, 1.807) is 7.11 Å². The number of nitrogens with zero attached hydrogens (tertiary/aromatic N) is 3. The van der Waals surface area contributed by atoms with Gasteiger partial charge in [0.25, 0.3) is 0 Å². The predicted octanol–water partition coefficient (Wildman–Crippen LogP) is 1.76. The van der Waals surface area contributed by atoms with Crippen LogP contribution in [0.5, 0.6) is 6.01 Å². The number of anilines is 1. The molecule has 0 aromatic carbocycles. The van der Waals surface area contributed by atoms with Crippen LogP contribution < -0.4 is 10.1 Å². The molecular formula is C10H17ClN4O2. The van der Waals surface area contributed by atoms with Crippen molar-refractivity contribution in [1.82, 2.24) is 15.0 Å². The largest absolute Gasteiger partial charge is 0.461 e. The Kier molecular flexibility index (Phi) is 5.37. The molecule has 96 valence electrons. The van der Waals surface area contributed by atoms with Crippen molar-refractivity contribution in [1.29, 1.82) is 0 Å². The van der Waals surface area contributed by atoms with E-state index >= 15 is 0 Å². The van der Waals surface area contributed by atoms with Crippen LogP contribution in [0.3, 0.4) is 0 Å². The molecule has 0 amide bonds. The van der Waals surface area contributed by atoms with Gasteiger partial charge in [-0.15, -0.1) is 0 Å².